The van der Waals surface area contributed by atoms with Crippen LogP contribution >= 0.6 is 0 Å². The number of nitrogens with two attached hydrogens (primary N) is 4. The summed E-state index contributed by atoms with van der Waals surface area (Å²) in [5.74, 6) is -5.24. The Kier molecular flexibility index (Phi) is 14.7. The van der Waals surface area contributed by atoms with Gasteiger partial charge in [-0.1, -0.05) is 12.1 Å². The van der Waals surface area contributed by atoms with Gasteiger partial charge in [0.1, 0.15) is 23.9 Å². The Morgan fingerprint density at radius 3 is 1.70 bits per heavy atom. The first-order valence-electron chi connectivity index (χ1n) is 12.8. The lowest BCUT2D eigenvalue weighted by atomic mass is 10.0. The Morgan fingerprint density at radius 2 is 1.20 bits per heavy atom. The highest BCUT2D eigenvalue weighted by atomic mass is 16.4. The molecule has 1 rings (SSSR count). The van der Waals surface area contributed by atoms with Crippen molar-refractivity contribution in [1.82, 2.24) is 16.0 Å². The van der Waals surface area contributed by atoms with E-state index in [-0.39, 0.29) is 44.3 Å². The molecule has 0 fully saturated rings. The van der Waals surface area contributed by atoms with Crippen LogP contribution in [0.15, 0.2) is 24.3 Å². The van der Waals surface area contributed by atoms with Crippen LogP contribution in [0, 0.1) is 0 Å². The molecule has 4 unspecified atom stereocenters. The minimum atomic E-state index is -1.48. The van der Waals surface area contributed by atoms with Gasteiger partial charge < -0.3 is 49.1 Å². The van der Waals surface area contributed by atoms with E-state index in [2.05, 4.69) is 16.0 Å². The molecule has 0 saturated carbocycles. The first-order valence-corrected chi connectivity index (χ1v) is 12.8. The number of primary amides is 2. The largest absolute Gasteiger partial charge is 0.508 e. The normalized spacial score (nSPS) is 13.8. The van der Waals surface area contributed by atoms with Crippen LogP contribution in [0.25, 0.3) is 0 Å². The minimum absolute atomic E-state index is 0.0517. The van der Waals surface area contributed by atoms with E-state index in [1.165, 1.54) is 12.1 Å². The number of benzene rings is 1. The average molecular weight is 566 g/mol. The van der Waals surface area contributed by atoms with Gasteiger partial charge in [-0.3, -0.25) is 24.0 Å². The maximum atomic E-state index is 13.2. The van der Waals surface area contributed by atoms with Gasteiger partial charge in [-0.2, -0.15) is 0 Å². The standard InChI is InChI=1S/C25H39N7O8/c26-12-2-1-3-17(30-22(36)16(27)13-14-4-6-15(33)7-5-14)23(37)31-18(8-10-20(28)34)24(38)32-19(25(39)40)9-11-21(29)35/h4-7,16-19,33H,1-3,8-13,26-27H2,(H2,28,34)(H2,29,35)(H,30,36)(H,31,37)(H,32,38)(H,39,40). The average Bonchev–Trinajstić information content (AvgIpc) is 2.88. The fourth-order valence-electron chi connectivity index (χ4n) is 3.66. The third-order valence-electron chi connectivity index (χ3n) is 5.92. The number of unbranched alkanes of at least 4 members (excludes halogenated alkanes) is 1. The van der Waals surface area contributed by atoms with Crippen molar-refractivity contribution in [3.8, 4) is 5.75 Å². The van der Waals surface area contributed by atoms with Crippen LogP contribution in [-0.4, -0.2) is 76.4 Å². The molecule has 0 heterocycles. The number of hydrogen-bond acceptors (Lipinski definition) is 9. The lowest BCUT2D eigenvalue weighted by molar-refractivity contribution is -0.142. The number of hydrogen-bond donors (Lipinski definition) is 9. The quantitative estimate of drug-likeness (QED) is 0.0792. The fraction of sp³-hybridized carbons (Fsp3) is 0.520. The van der Waals surface area contributed by atoms with Crippen molar-refractivity contribution in [3.05, 3.63) is 29.8 Å². The van der Waals surface area contributed by atoms with Crippen molar-refractivity contribution >= 4 is 35.5 Å². The molecule has 0 aromatic heterocycles. The summed E-state index contributed by atoms with van der Waals surface area (Å²) in [7, 11) is 0. The molecule has 4 atom stereocenters. The zero-order valence-electron chi connectivity index (χ0n) is 22.1. The van der Waals surface area contributed by atoms with Gasteiger partial charge in [0.05, 0.1) is 6.04 Å². The molecule has 13 N–H and O–H groups in total. The second kappa shape index (κ2) is 17.4. The van der Waals surface area contributed by atoms with Crippen molar-refractivity contribution < 1.29 is 39.0 Å². The molecule has 5 amide bonds. The van der Waals surface area contributed by atoms with Gasteiger partial charge in [0.15, 0.2) is 0 Å². The highest BCUT2D eigenvalue weighted by Crippen LogP contribution is 2.11. The van der Waals surface area contributed by atoms with Crippen LogP contribution in [0.2, 0.25) is 0 Å². The number of phenols is 1. The number of aromatic hydroxyl groups is 1. The molecular formula is C25H39N7O8. The molecule has 15 heteroatoms. The van der Waals surface area contributed by atoms with Gasteiger partial charge in [0.25, 0.3) is 0 Å². The maximum absolute atomic E-state index is 13.2. The summed E-state index contributed by atoms with van der Waals surface area (Å²) >= 11 is 0. The Bertz CT molecular complexity index is 1030. The number of nitrogens with one attached hydrogen (secondary N) is 3. The Hall–Kier alpha value is -4.24. The van der Waals surface area contributed by atoms with Gasteiger partial charge in [-0.15, -0.1) is 0 Å². The number of carbonyl (C=O) groups is 6. The lowest BCUT2D eigenvalue weighted by Crippen LogP contribution is -2.57. The zero-order valence-corrected chi connectivity index (χ0v) is 22.1. The smallest absolute Gasteiger partial charge is 0.326 e. The third-order valence-corrected chi connectivity index (χ3v) is 5.92. The molecule has 1 aromatic rings. The van der Waals surface area contributed by atoms with E-state index in [9.17, 15) is 39.0 Å². The third kappa shape index (κ3) is 13.0. The molecule has 222 valence electrons. The van der Waals surface area contributed by atoms with Crippen molar-refractivity contribution in [2.75, 3.05) is 6.54 Å². The summed E-state index contributed by atoms with van der Waals surface area (Å²) in [6, 6.07) is 1.07. The van der Waals surface area contributed by atoms with Crippen molar-refractivity contribution in [3.63, 3.8) is 0 Å². The highest BCUT2D eigenvalue weighted by molar-refractivity contribution is 5.94. The highest BCUT2D eigenvalue weighted by Gasteiger charge is 2.30. The summed E-state index contributed by atoms with van der Waals surface area (Å²) < 4.78 is 0. The van der Waals surface area contributed by atoms with Crippen molar-refractivity contribution in [2.45, 2.75) is 75.5 Å². The van der Waals surface area contributed by atoms with Crippen LogP contribution < -0.4 is 38.9 Å². The van der Waals surface area contributed by atoms with E-state index < -0.39 is 59.7 Å². The molecule has 0 aliphatic rings. The second-order valence-corrected chi connectivity index (χ2v) is 9.29. The monoisotopic (exact) mass is 565 g/mol. The molecule has 40 heavy (non-hydrogen) atoms. The summed E-state index contributed by atoms with van der Waals surface area (Å²) in [4.78, 5) is 72.8. The molecule has 0 bridgehead atoms. The Morgan fingerprint density at radius 1 is 0.725 bits per heavy atom. The minimum Gasteiger partial charge on any atom is -0.508 e. The van der Waals surface area contributed by atoms with Gasteiger partial charge >= 0.3 is 5.97 Å². The van der Waals surface area contributed by atoms with Crippen LogP contribution in [0.3, 0.4) is 0 Å². The van der Waals surface area contributed by atoms with Crippen LogP contribution in [0.1, 0.15) is 50.5 Å². The number of carboxylic acid groups (broad SMARTS) is 1. The van der Waals surface area contributed by atoms with E-state index >= 15 is 0 Å². The molecule has 0 radical (unpaired) electrons. The fourth-order valence-corrected chi connectivity index (χ4v) is 3.66. The molecule has 0 saturated heterocycles. The number of carbonyl (C=O) groups excluding carboxylic acids is 5. The first kappa shape index (κ1) is 33.8. The number of aliphatic carboxylic acids is 1. The number of rotatable bonds is 19. The van der Waals surface area contributed by atoms with Gasteiger partial charge in [0, 0.05) is 12.8 Å². The van der Waals surface area contributed by atoms with Crippen molar-refractivity contribution in [2.24, 2.45) is 22.9 Å². The predicted octanol–water partition coefficient (Wildman–Crippen LogP) is -2.54. The predicted molar refractivity (Wildman–Crippen MR) is 143 cm³/mol. The molecule has 0 aliphatic carbocycles. The van der Waals surface area contributed by atoms with E-state index in [1.807, 2.05) is 0 Å². The zero-order chi connectivity index (χ0) is 30.2. The van der Waals surface area contributed by atoms with Crippen LogP contribution in [0.5, 0.6) is 5.75 Å². The summed E-state index contributed by atoms with van der Waals surface area (Å²) in [5, 5.41) is 26.1. The summed E-state index contributed by atoms with van der Waals surface area (Å²) in [5.41, 5.74) is 22.5. The maximum Gasteiger partial charge on any atom is 0.326 e. The van der Waals surface area contributed by atoms with E-state index in [0.29, 0.717) is 24.9 Å². The number of amides is 5. The van der Waals surface area contributed by atoms with Crippen LogP contribution in [-0.2, 0) is 35.2 Å². The molecule has 0 aliphatic heterocycles. The molecular weight excluding hydrogens is 526 g/mol. The Balaban J connectivity index is 3.01. The Labute approximate surface area is 231 Å². The molecule has 1 aromatic carbocycles. The SMILES string of the molecule is NCCCCC(NC(=O)C(N)Cc1ccc(O)cc1)C(=O)NC(CCC(N)=O)C(=O)NC(CCC(N)=O)C(=O)O. The summed E-state index contributed by atoms with van der Waals surface area (Å²) in [6.45, 7) is 0.341. The van der Waals surface area contributed by atoms with Gasteiger partial charge in [-0.25, -0.2) is 4.79 Å². The number of carboxylic acids is 1. The second-order valence-electron chi connectivity index (χ2n) is 9.29. The van der Waals surface area contributed by atoms with E-state index in [0.717, 1.165) is 0 Å². The summed E-state index contributed by atoms with van der Waals surface area (Å²) in [6.07, 6.45) is 0.117. The van der Waals surface area contributed by atoms with Crippen molar-refractivity contribution in [1.29, 1.82) is 0 Å². The molecule has 0 spiro atoms. The number of phenolic OH excluding ortho intramolecular Hbond substituents is 1. The lowest BCUT2D eigenvalue weighted by Gasteiger charge is -2.25. The van der Waals surface area contributed by atoms with Crippen LogP contribution in [0.4, 0.5) is 0 Å². The first-order chi connectivity index (χ1) is 18.8. The topological polar surface area (TPSA) is 283 Å². The van der Waals surface area contributed by atoms with E-state index in [1.54, 1.807) is 12.1 Å². The van der Waals surface area contributed by atoms with E-state index in [4.69, 9.17) is 22.9 Å². The van der Waals surface area contributed by atoms with Gasteiger partial charge in [-0.05, 0) is 62.8 Å². The molecule has 15 nitrogen and oxygen atoms in total. The van der Waals surface area contributed by atoms with Gasteiger partial charge in [0.2, 0.25) is 29.5 Å².